The summed E-state index contributed by atoms with van der Waals surface area (Å²) in [4.78, 5) is 12.0. The number of Topliss-reactive ketones (excluding diaryl/α,β-unsaturated/α-hetero) is 1. The Morgan fingerprint density at radius 2 is 2.05 bits per heavy atom. The maximum Gasteiger partial charge on any atom is 0.169 e. The SMILES string of the molecule is C[C@]12CCC3C4CCC(=O)C(Br)=C4CCC3[C@]13C[C@@H]3C[C@@H]2O. The Balaban J connectivity index is 1.54. The summed E-state index contributed by atoms with van der Waals surface area (Å²) in [6, 6.07) is 0. The van der Waals surface area contributed by atoms with Crippen molar-refractivity contribution < 1.29 is 9.90 Å². The van der Waals surface area contributed by atoms with Crippen LogP contribution in [0.25, 0.3) is 0 Å². The number of fused-ring (bicyclic) bond motifs is 3. The van der Waals surface area contributed by atoms with E-state index in [4.69, 9.17) is 0 Å². The second-order valence-corrected chi connectivity index (χ2v) is 9.66. The van der Waals surface area contributed by atoms with E-state index in [0.717, 1.165) is 47.9 Å². The van der Waals surface area contributed by atoms with Gasteiger partial charge in [0.05, 0.1) is 10.6 Å². The van der Waals surface area contributed by atoms with Gasteiger partial charge in [-0.15, -0.1) is 0 Å². The van der Waals surface area contributed by atoms with E-state index in [9.17, 15) is 9.90 Å². The minimum Gasteiger partial charge on any atom is -0.393 e. The van der Waals surface area contributed by atoms with Gasteiger partial charge in [-0.1, -0.05) is 6.92 Å². The normalized spacial score (nSPS) is 56.1. The van der Waals surface area contributed by atoms with Crippen LogP contribution >= 0.6 is 15.9 Å². The van der Waals surface area contributed by atoms with Gasteiger partial charge in [0.1, 0.15) is 0 Å². The Labute approximate surface area is 140 Å². The van der Waals surface area contributed by atoms with Gasteiger partial charge < -0.3 is 5.11 Å². The molecular formula is C19H25BrO2. The quantitative estimate of drug-likeness (QED) is 0.698. The minimum absolute atomic E-state index is 0.0659. The van der Waals surface area contributed by atoms with E-state index in [0.29, 0.717) is 17.1 Å². The van der Waals surface area contributed by atoms with E-state index in [1.165, 1.54) is 31.3 Å². The molecule has 0 aromatic carbocycles. The fourth-order valence-electron chi connectivity index (χ4n) is 7.45. The first-order valence-electron chi connectivity index (χ1n) is 9.09. The lowest BCUT2D eigenvalue weighted by atomic mass is 9.49. The molecule has 0 aromatic heterocycles. The molecule has 5 aliphatic carbocycles. The number of halogens is 1. The van der Waals surface area contributed by atoms with Crippen LogP contribution in [0, 0.1) is 34.5 Å². The molecule has 5 rings (SSSR count). The maximum absolute atomic E-state index is 12.0. The van der Waals surface area contributed by atoms with Crippen LogP contribution in [-0.2, 0) is 4.79 Å². The molecule has 3 heteroatoms. The van der Waals surface area contributed by atoms with Gasteiger partial charge in [0.2, 0.25) is 0 Å². The van der Waals surface area contributed by atoms with Gasteiger partial charge >= 0.3 is 0 Å². The predicted molar refractivity (Wildman–Crippen MR) is 88.4 cm³/mol. The van der Waals surface area contributed by atoms with Crippen LogP contribution in [-0.4, -0.2) is 17.0 Å². The first kappa shape index (κ1) is 14.2. The number of rotatable bonds is 0. The van der Waals surface area contributed by atoms with Crippen molar-refractivity contribution >= 4 is 21.7 Å². The fourth-order valence-corrected chi connectivity index (χ4v) is 8.14. The summed E-state index contributed by atoms with van der Waals surface area (Å²) in [5.41, 5.74) is 2.07. The van der Waals surface area contributed by atoms with Gasteiger partial charge in [-0.3, -0.25) is 4.79 Å². The van der Waals surface area contributed by atoms with Crippen LogP contribution in [0.4, 0.5) is 0 Å². The zero-order valence-corrected chi connectivity index (χ0v) is 14.9. The second-order valence-electron chi connectivity index (χ2n) is 8.87. The molecule has 3 unspecified atom stereocenters. The number of aliphatic hydroxyl groups excluding tert-OH is 1. The van der Waals surface area contributed by atoms with Gasteiger partial charge in [-0.25, -0.2) is 0 Å². The van der Waals surface area contributed by atoms with Crippen LogP contribution in [0.5, 0.6) is 0 Å². The monoisotopic (exact) mass is 364 g/mol. The number of hydrogen-bond donors (Lipinski definition) is 1. The Morgan fingerprint density at radius 1 is 1.23 bits per heavy atom. The maximum atomic E-state index is 12.0. The molecule has 7 atom stereocenters. The molecule has 1 spiro atoms. The van der Waals surface area contributed by atoms with Crippen molar-refractivity contribution in [1.82, 2.24) is 0 Å². The third-order valence-electron chi connectivity index (χ3n) is 8.53. The van der Waals surface area contributed by atoms with E-state index in [1.54, 1.807) is 0 Å². The highest BCUT2D eigenvalue weighted by atomic mass is 79.9. The molecule has 4 saturated carbocycles. The van der Waals surface area contributed by atoms with Crippen molar-refractivity contribution in [3.63, 3.8) is 0 Å². The second kappa shape index (κ2) is 4.27. The summed E-state index contributed by atoms with van der Waals surface area (Å²) in [5, 5.41) is 10.6. The number of ketones is 1. The van der Waals surface area contributed by atoms with Crippen LogP contribution in [0.3, 0.4) is 0 Å². The van der Waals surface area contributed by atoms with Crippen molar-refractivity contribution in [2.45, 2.75) is 64.4 Å². The number of carbonyl (C=O) groups excluding carboxylic acids is 1. The third kappa shape index (κ3) is 1.45. The summed E-state index contributed by atoms with van der Waals surface area (Å²) in [6.45, 7) is 2.38. The lowest BCUT2D eigenvalue weighted by Gasteiger charge is -2.55. The molecule has 22 heavy (non-hydrogen) atoms. The molecule has 0 aromatic rings. The predicted octanol–water partition coefficient (Wildman–Crippen LogP) is 4.21. The molecular weight excluding hydrogens is 340 g/mol. The topological polar surface area (TPSA) is 37.3 Å². The molecule has 0 amide bonds. The summed E-state index contributed by atoms with van der Waals surface area (Å²) in [7, 11) is 0. The summed E-state index contributed by atoms with van der Waals surface area (Å²) in [5.74, 6) is 3.33. The first-order valence-corrected chi connectivity index (χ1v) is 9.88. The molecule has 0 radical (unpaired) electrons. The highest BCUT2D eigenvalue weighted by molar-refractivity contribution is 9.12. The lowest BCUT2D eigenvalue weighted by Crippen LogP contribution is -2.50. The average Bonchev–Trinajstić information content (AvgIpc) is 3.16. The van der Waals surface area contributed by atoms with Crippen molar-refractivity contribution in [1.29, 1.82) is 0 Å². The number of aliphatic hydroxyl groups is 1. The average molecular weight is 365 g/mol. The number of carbonyl (C=O) groups is 1. The van der Waals surface area contributed by atoms with Gasteiger partial charge in [0.15, 0.2) is 5.78 Å². The Kier molecular flexibility index (Phi) is 2.76. The van der Waals surface area contributed by atoms with Crippen LogP contribution in [0.2, 0.25) is 0 Å². The van der Waals surface area contributed by atoms with Gasteiger partial charge in [-0.05, 0) is 101 Å². The first-order chi connectivity index (χ1) is 10.5. The number of allylic oxidation sites excluding steroid dienone is 1. The smallest absolute Gasteiger partial charge is 0.169 e. The zero-order chi connectivity index (χ0) is 15.3. The van der Waals surface area contributed by atoms with Crippen molar-refractivity contribution in [2.24, 2.45) is 34.5 Å². The van der Waals surface area contributed by atoms with Gasteiger partial charge in [-0.2, -0.15) is 0 Å². The zero-order valence-electron chi connectivity index (χ0n) is 13.3. The summed E-state index contributed by atoms with van der Waals surface area (Å²) in [6.07, 6.45) is 8.97. The molecule has 1 N–H and O–H groups in total. The van der Waals surface area contributed by atoms with E-state index >= 15 is 0 Å². The van der Waals surface area contributed by atoms with E-state index in [2.05, 4.69) is 22.9 Å². The molecule has 0 saturated heterocycles. The number of hydrogen-bond acceptors (Lipinski definition) is 2. The Bertz CT molecular complexity index is 596. The van der Waals surface area contributed by atoms with E-state index < -0.39 is 0 Å². The Morgan fingerprint density at radius 3 is 2.86 bits per heavy atom. The van der Waals surface area contributed by atoms with Crippen LogP contribution in [0.1, 0.15) is 58.3 Å². The van der Waals surface area contributed by atoms with E-state index in [-0.39, 0.29) is 11.5 Å². The molecule has 0 heterocycles. The van der Waals surface area contributed by atoms with Crippen LogP contribution < -0.4 is 0 Å². The standard InChI is InChI=1S/C19H25BrO2/c1-18-7-6-12-11-3-5-15(21)17(20)13(11)2-4-14(12)19(18)9-10(19)8-16(18)22/h10-12,14,16,22H,2-9H2,1H3/t10-,11?,12?,14?,16-,18+,19+/m0/s1. The molecule has 0 bridgehead atoms. The van der Waals surface area contributed by atoms with Crippen molar-refractivity contribution in [3.8, 4) is 0 Å². The molecule has 5 aliphatic rings. The molecule has 2 nitrogen and oxygen atoms in total. The molecule has 0 aliphatic heterocycles. The highest BCUT2D eigenvalue weighted by Crippen LogP contribution is 2.81. The summed E-state index contributed by atoms with van der Waals surface area (Å²) < 4.78 is 0.923. The van der Waals surface area contributed by atoms with Gasteiger partial charge in [0, 0.05) is 6.42 Å². The third-order valence-corrected chi connectivity index (χ3v) is 9.48. The van der Waals surface area contributed by atoms with Crippen molar-refractivity contribution in [2.75, 3.05) is 0 Å². The fraction of sp³-hybridized carbons (Fsp3) is 0.842. The van der Waals surface area contributed by atoms with Gasteiger partial charge in [0.25, 0.3) is 0 Å². The minimum atomic E-state index is -0.0659. The molecule has 4 fully saturated rings. The highest BCUT2D eigenvalue weighted by Gasteiger charge is 2.76. The lowest BCUT2D eigenvalue weighted by molar-refractivity contribution is -0.117. The molecule has 120 valence electrons. The largest absolute Gasteiger partial charge is 0.393 e. The van der Waals surface area contributed by atoms with Crippen molar-refractivity contribution in [3.05, 3.63) is 10.1 Å². The Hall–Kier alpha value is -0.150. The van der Waals surface area contributed by atoms with Crippen LogP contribution in [0.15, 0.2) is 10.1 Å². The van der Waals surface area contributed by atoms with E-state index in [1.807, 2.05) is 0 Å². The summed E-state index contributed by atoms with van der Waals surface area (Å²) >= 11 is 3.60.